The van der Waals surface area contributed by atoms with E-state index in [1.807, 2.05) is 41.8 Å². The van der Waals surface area contributed by atoms with Gasteiger partial charge in [0.15, 0.2) is 0 Å². The number of nitrogens with one attached hydrogen (secondary N) is 1. The van der Waals surface area contributed by atoms with Gasteiger partial charge in [0.05, 0.1) is 24.6 Å². The molecule has 0 atom stereocenters. The number of rotatable bonds is 7. The number of halogens is 2. The first-order valence-corrected chi connectivity index (χ1v) is 8.61. The first-order valence-electron chi connectivity index (χ1n) is 8.61. The van der Waals surface area contributed by atoms with E-state index in [-0.39, 0.29) is 6.54 Å². The molecule has 7 heteroatoms. The molecule has 0 amide bonds. The van der Waals surface area contributed by atoms with Crippen molar-refractivity contribution in [1.29, 1.82) is 0 Å². The Labute approximate surface area is 151 Å². The highest BCUT2D eigenvalue weighted by Gasteiger charge is 2.12. The zero-order valence-corrected chi connectivity index (χ0v) is 15.2. The second-order valence-electron chi connectivity index (χ2n) is 6.28. The van der Waals surface area contributed by atoms with Gasteiger partial charge in [-0.25, -0.2) is 18.7 Å². The minimum absolute atomic E-state index is 0.294. The lowest BCUT2D eigenvalue weighted by Gasteiger charge is -2.22. The fourth-order valence-electron chi connectivity index (χ4n) is 3.01. The van der Waals surface area contributed by atoms with E-state index in [1.54, 1.807) is 12.5 Å². The van der Waals surface area contributed by atoms with Gasteiger partial charge in [-0.15, -0.1) is 0 Å². The fourth-order valence-corrected chi connectivity index (χ4v) is 3.01. The van der Waals surface area contributed by atoms with Gasteiger partial charge in [0.2, 0.25) is 0 Å². The van der Waals surface area contributed by atoms with E-state index in [0.717, 1.165) is 40.1 Å². The Morgan fingerprint density at radius 3 is 2.77 bits per heavy atom. The molecule has 0 aliphatic heterocycles. The zero-order chi connectivity index (χ0) is 18.7. The van der Waals surface area contributed by atoms with Crippen molar-refractivity contribution in [2.75, 3.05) is 18.5 Å². The van der Waals surface area contributed by atoms with Crippen LogP contribution >= 0.6 is 0 Å². The van der Waals surface area contributed by atoms with Crippen LogP contribution in [-0.2, 0) is 20.0 Å². The summed E-state index contributed by atoms with van der Waals surface area (Å²) >= 11 is 0. The van der Waals surface area contributed by atoms with Crippen LogP contribution in [0.15, 0.2) is 36.8 Å². The van der Waals surface area contributed by atoms with Crippen LogP contribution in [0.25, 0.3) is 11.0 Å². The van der Waals surface area contributed by atoms with Gasteiger partial charge in [-0.05, 0) is 23.6 Å². The van der Waals surface area contributed by atoms with E-state index in [9.17, 15) is 8.78 Å². The maximum atomic E-state index is 12.3. The Kier molecular flexibility index (Phi) is 5.46. The monoisotopic (exact) mass is 359 g/mol. The smallest absolute Gasteiger partial charge is 0.250 e. The molecule has 26 heavy (non-hydrogen) atoms. The van der Waals surface area contributed by atoms with Crippen molar-refractivity contribution < 1.29 is 8.78 Å². The van der Waals surface area contributed by atoms with Gasteiger partial charge in [-0.1, -0.05) is 19.1 Å². The van der Waals surface area contributed by atoms with Gasteiger partial charge in [0, 0.05) is 32.4 Å². The predicted molar refractivity (Wildman–Crippen MR) is 100 cm³/mol. The summed E-state index contributed by atoms with van der Waals surface area (Å²) in [5.74, 6) is 0.833. The molecule has 5 nitrogen and oxygen atoms in total. The Morgan fingerprint density at radius 1 is 1.23 bits per heavy atom. The number of hydrogen-bond donors (Lipinski definition) is 1. The molecule has 0 unspecified atom stereocenters. The average molecular weight is 359 g/mol. The number of anilines is 2. The van der Waals surface area contributed by atoms with Gasteiger partial charge >= 0.3 is 0 Å². The van der Waals surface area contributed by atoms with Crippen molar-refractivity contribution >= 4 is 22.5 Å². The number of pyridine rings is 1. The molecule has 0 aliphatic carbocycles. The van der Waals surface area contributed by atoms with Crippen LogP contribution in [0.4, 0.5) is 20.3 Å². The molecule has 0 bridgehead atoms. The molecular weight excluding hydrogens is 336 g/mol. The van der Waals surface area contributed by atoms with E-state index >= 15 is 0 Å². The summed E-state index contributed by atoms with van der Waals surface area (Å²) in [6, 6.07) is 8.06. The number of aromatic nitrogens is 3. The first kappa shape index (κ1) is 18.3. The lowest BCUT2D eigenvalue weighted by molar-refractivity contribution is 0.145. The summed E-state index contributed by atoms with van der Waals surface area (Å²) in [7, 11) is 3.94. The van der Waals surface area contributed by atoms with Gasteiger partial charge in [-0.2, -0.15) is 0 Å². The number of hydrogen-bond acceptors (Lipinski definition) is 4. The van der Waals surface area contributed by atoms with Crippen molar-refractivity contribution in [3.05, 3.63) is 47.9 Å². The van der Waals surface area contributed by atoms with Crippen LogP contribution in [0.1, 0.15) is 18.1 Å². The van der Waals surface area contributed by atoms with Crippen LogP contribution in [-0.4, -0.2) is 34.6 Å². The van der Waals surface area contributed by atoms with Crippen LogP contribution in [0, 0.1) is 0 Å². The normalized spacial score (nSPS) is 11.5. The maximum Gasteiger partial charge on any atom is 0.250 e. The number of aryl methyl sites for hydroxylation is 2. The summed E-state index contributed by atoms with van der Waals surface area (Å²) in [6.45, 7) is 2.22. The molecule has 1 N–H and O–H groups in total. The molecule has 0 aliphatic rings. The minimum atomic E-state index is -2.33. The number of imidazole rings is 1. The van der Waals surface area contributed by atoms with Gasteiger partial charge in [0.25, 0.3) is 6.43 Å². The highest BCUT2D eigenvalue weighted by Crippen LogP contribution is 2.28. The van der Waals surface area contributed by atoms with E-state index in [1.165, 1.54) is 0 Å². The SMILES string of the molecule is CCc1cc(CNCC(F)F)ccc1N(C)c1cc2c(cn1)ncn2C. The van der Waals surface area contributed by atoms with Crippen molar-refractivity contribution in [3.8, 4) is 0 Å². The Balaban J connectivity index is 1.85. The van der Waals surface area contributed by atoms with E-state index < -0.39 is 6.43 Å². The summed E-state index contributed by atoms with van der Waals surface area (Å²) in [6.07, 6.45) is 2.06. The predicted octanol–water partition coefficient (Wildman–Crippen LogP) is 3.65. The lowest BCUT2D eigenvalue weighted by Crippen LogP contribution is -2.21. The number of benzene rings is 1. The highest BCUT2D eigenvalue weighted by molar-refractivity contribution is 5.79. The van der Waals surface area contributed by atoms with Crippen LogP contribution in [0.5, 0.6) is 0 Å². The maximum absolute atomic E-state index is 12.3. The second kappa shape index (κ2) is 7.78. The summed E-state index contributed by atoms with van der Waals surface area (Å²) < 4.78 is 26.5. The Morgan fingerprint density at radius 2 is 2.04 bits per heavy atom. The van der Waals surface area contributed by atoms with Crippen molar-refractivity contribution in [2.45, 2.75) is 26.3 Å². The number of alkyl halides is 2. The molecule has 2 heterocycles. The van der Waals surface area contributed by atoms with Crippen LogP contribution in [0.3, 0.4) is 0 Å². The minimum Gasteiger partial charge on any atom is -0.334 e. The lowest BCUT2D eigenvalue weighted by atomic mass is 10.1. The van der Waals surface area contributed by atoms with E-state index in [0.29, 0.717) is 6.54 Å². The molecule has 0 spiro atoms. The molecule has 2 aromatic heterocycles. The molecular formula is C19H23F2N5. The summed E-state index contributed by atoms with van der Waals surface area (Å²) in [5.41, 5.74) is 5.08. The van der Waals surface area contributed by atoms with E-state index in [4.69, 9.17) is 0 Å². The van der Waals surface area contributed by atoms with Crippen molar-refractivity contribution in [2.24, 2.45) is 7.05 Å². The molecule has 0 saturated carbocycles. The third-order valence-electron chi connectivity index (χ3n) is 4.45. The number of fused-ring (bicyclic) bond motifs is 1. The molecule has 1 aromatic carbocycles. The van der Waals surface area contributed by atoms with Crippen LogP contribution < -0.4 is 10.2 Å². The van der Waals surface area contributed by atoms with Gasteiger partial charge < -0.3 is 14.8 Å². The molecule has 3 aromatic rings. The van der Waals surface area contributed by atoms with Gasteiger partial charge in [0.1, 0.15) is 11.3 Å². The van der Waals surface area contributed by atoms with Gasteiger partial charge in [-0.3, -0.25) is 0 Å². The van der Waals surface area contributed by atoms with Crippen molar-refractivity contribution in [1.82, 2.24) is 19.9 Å². The third-order valence-corrected chi connectivity index (χ3v) is 4.45. The summed E-state index contributed by atoms with van der Waals surface area (Å²) in [4.78, 5) is 10.9. The van der Waals surface area contributed by atoms with Crippen LogP contribution in [0.2, 0.25) is 0 Å². The highest BCUT2D eigenvalue weighted by atomic mass is 19.3. The van der Waals surface area contributed by atoms with Crippen molar-refractivity contribution in [3.63, 3.8) is 0 Å². The Hall–Kier alpha value is -2.54. The quantitative estimate of drug-likeness (QED) is 0.699. The molecule has 0 saturated heterocycles. The zero-order valence-electron chi connectivity index (χ0n) is 15.2. The number of nitrogens with zero attached hydrogens (tertiary/aromatic N) is 4. The van der Waals surface area contributed by atoms with E-state index in [2.05, 4.69) is 28.3 Å². The topological polar surface area (TPSA) is 46.0 Å². The molecule has 0 radical (unpaired) electrons. The second-order valence-corrected chi connectivity index (χ2v) is 6.28. The average Bonchev–Trinajstić information content (AvgIpc) is 3.01. The molecule has 3 rings (SSSR count). The largest absolute Gasteiger partial charge is 0.334 e. The standard InChI is InChI=1S/C19H23F2N5/c1-4-14-7-13(9-22-11-18(20)21)5-6-16(14)26(3)19-8-17-15(10-23-19)24-12-25(17)2/h5-8,10,12,18,22H,4,9,11H2,1-3H3. The summed E-state index contributed by atoms with van der Waals surface area (Å²) in [5, 5.41) is 2.77. The Bertz CT molecular complexity index is 891. The first-order chi connectivity index (χ1) is 12.5. The fraction of sp³-hybridized carbons (Fsp3) is 0.368. The molecule has 138 valence electrons. The molecule has 0 fully saturated rings. The third kappa shape index (κ3) is 3.83.